The molecule has 0 amide bonds. The first-order valence-corrected chi connectivity index (χ1v) is 6.10. The Bertz CT molecular complexity index is 314. The minimum absolute atomic E-state index is 0.205. The Balaban J connectivity index is 2.05. The fourth-order valence-corrected chi connectivity index (χ4v) is 3.04. The van der Waals surface area contributed by atoms with Crippen LogP contribution in [0.15, 0.2) is 0 Å². The molecule has 3 rings (SSSR count). The van der Waals surface area contributed by atoms with E-state index in [4.69, 9.17) is 5.11 Å². The van der Waals surface area contributed by atoms with Gasteiger partial charge in [0.2, 0.25) is 0 Å². The van der Waals surface area contributed by atoms with Crippen LogP contribution in [-0.2, 0) is 4.79 Å². The Morgan fingerprint density at radius 3 is 2.33 bits per heavy atom. The van der Waals surface area contributed by atoms with Crippen LogP contribution >= 0.6 is 0 Å². The molecule has 3 fully saturated rings. The highest BCUT2D eigenvalue weighted by atomic mass is 19.4. The number of carboxylic acid groups (broad SMARTS) is 1. The summed E-state index contributed by atoms with van der Waals surface area (Å²) in [5, 5.41) is 8.76. The topological polar surface area (TPSA) is 43.8 Å². The molecule has 1 atom stereocenters. The van der Waals surface area contributed by atoms with E-state index in [-0.39, 0.29) is 12.0 Å². The SMILES string of the molecule is O=C(O)CN(CC(F)(F)F)C1CN2CCC1CC2. The predicted molar refractivity (Wildman–Crippen MR) is 58.2 cm³/mol. The lowest BCUT2D eigenvalue weighted by Crippen LogP contribution is -2.59. The van der Waals surface area contributed by atoms with Gasteiger partial charge in [0.1, 0.15) is 0 Å². The third-order valence-corrected chi connectivity index (χ3v) is 3.81. The van der Waals surface area contributed by atoms with Crippen LogP contribution in [-0.4, -0.2) is 65.8 Å². The first-order chi connectivity index (χ1) is 8.35. The van der Waals surface area contributed by atoms with E-state index in [1.165, 1.54) is 0 Å². The van der Waals surface area contributed by atoms with E-state index in [9.17, 15) is 18.0 Å². The fourth-order valence-electron chi connectivity index (χ4n) is 3.04. The van der Waals surface area contributed by atoms with Gasteiger partial charge in [0.15, 0.2) is 0 Å². The molecule has 0 spiro atoms. The monoisotopic (exact) mass is 266 g/mol. The van der Waals surface area contributed by atoms with Crippen LogP contribution in [0.5, 0.6) is 0 Å². The molecule has 3 aliphatic heterocycles. The van der Waals surface area contributed by atoms with Gasteiger partial charge in [0, 0.05) is 12.6 Å². The zero-order chi connectivity index (χ0) is 13.3. The predicted octanol–water partition coefficient (Wildman–Crippen LogP) is 1.03. The molecule has 1 unspecified atom stereocenters. The number of carbonyl (C=O) groups is 1. The number of alkyl halides is 3. The Labute approximate surface area is 103 Å². The first-order valence-electron chi connectivity index (χ1n) is 6.10. The fraction of sp³-hybridized carbons (Fsp3) is 0.909. The summed E-state index contributed by atoms with van der Waals surface area (Å²) < 4.78 is 37.5. The number of carboxylic acids is 1. The van der Waals surface area contributed by atoms with E-state index in [0.29, 0.717) is 6.54 Å². The van der Waals surface area contributed by atoms with Crippen molar-refractivity contribution in [1.29, 1.82) is 0 Å². The Kier molecular flexibility index (Phi) is 3.82. The van der Waals surface area contributed by atoms with Gasteiger partial charge < -0.3 is 10.0 Å². The molecule has 3 aliphatic rings. The molecular weight excluding hydrogens is 249 g/mol. The van der Waals surface area contributed by atoms with Gasteiger partial charge in [-0.25, -0.2) is 0 Å². The van der Waals surface area contributed by atoms with Crippen LogP contribution in [0.1, 0.15) is 12.8 Å². The number of hydrogen-bond donors (Lipinski definition) is 1. The van der Waals surface area contributed by atoms with Gasteiger partial charge in [-0.1, -0.05) is 0 Å². The van der Waals surface area contributed by atoms with Gasteiger partial charge in [-0.3, -0.25) is 9.69 Å². The van der Waals surface area contributed by atoms with Crippen molar-refractivity contribution in [2.24, 2.45) is 5.92 Å². The summed E-state index contributed by atoms with van der Waals surface area (Å²) in [7, 11) is 0. The minimum Gasteiger partial charge on any atom is -0.480 e. The van der Waals surface area contributed by atoms with Crippen molar-refractivity contribution in [1.82, 2.24) is 9.80 Å². The largest absolute Gasteiger partial charge is 0.480 e. The molecule has 0 aromatic rings. The Hall–Kier alpha value is -0.820. The number of nitrogens with zero attached hydrogens (tertiary/aromatic N) is 2. The van der Waals surface area contributed by atoms with Crippen molar-refractivity contribution in [3.05, 3.63) is 0 Å². The summed E-state index contributed by atoms with van der Waals surface area (Å²) in [6, 6.07) is -0.273. The van der Waals surface area contributed by atoms with Crippen LogP contribution < -0.4 is 0 Å². The van der Waals surface area contributed by atoms with Crippen LogP contribution in [0.3, 0.4) is 0 Å². The van der Waals surface area contributed by atoms with E-state index in [0.717, 1.165) is 30.8 Å². The molecule has 0 aliphatic carbocycles. The van der Waals surface area contributed by atoms with Crippen LogP contribution in [0.4, 0.5) is 13.2 Å². The summed E-state index contributed by atoms with van der Waals surface area (Å²) in [4.78, 5) is 13.9. The van der Waals surface area contributed by atoms with Gasteiger partial charge in [-0.15, -0.1) is 0 Å². The maximum absolute atomic E-state index is 12.5. The Morgan fingerprint density at radius 1 is 1.33 bits per heavy atom. The normalized spacial score (nSPS) is 31.9. The van der Waals surface area contributed by atoms with Crippen molar-refractivity contribution in [3.63, 3.8) is 0 Å². The quantitative estimate of drug-likeness (QED) is 0.825. The number of halogens is 3. The summed E-state index contributed by atoms with van der Waals surface area (Å²) in [5.74, 6) is -0.993. The van der Waals surface area contributed by atoms with Crippen molar-refractivity contribution in [3.8, 4) is 0 Å². The molecule has 0 saturated carbocycles. The van der Waals surface area contributed by atoms with Crippen molar-refractivity contribution in [2.75, 3.05) is 32.7 Å². The lowest BCUT2D eigenvalue weighted by molar-refractivity contribution is -0.165. The smallest absolute Gasteiger partial charge is 0.401 e. The van der Waals surface area contributed by atoms with Crippen molar-refractivity contribution >= 4 is 5.97 Å². The average Bonchev–Trinajstić information content (AvgIpc) is 2.27. The van der Waals surface area contributed by atoms with Gasteiger partial charge >= 0.3 is 12.1 Å². The molecule has 104 valence electrons. The lowest BCUT2D eigenvalue weighted by Gasteiger charge is -2.48. The van der Waals surface area contributed by atoms with Crippen molar-refractivity contribution in [2.45, 2.75) is 25.1 Å². The van der Waals surface area contributed by atoms with Gasteiger partial charge in [-0.05, 0) is 31.8 Å². The lowest BCUT2D eigenvalue weighted by atomic mass is 9.83. The molecule has 3 saturated heterocycles. The third-order valence-electron chi connectivity index (χ3n) is 3.81. The number of hydrogen-bond acceptors (Lipinski definition) is 3. The average molecular weight is 266 g/mol. The summed E-state index contributed by atoms with van der Waals surface area (Å²) in [6.07, 6.45) is -2.60. The summed E-state index contributed by atoms with van der Waals surface area (Å²) in [6.45, 7) is 0.749. The van der Waals surface area contributed by atoms with Crippen LogP contribution in [0, 0.1) is 5.92 Å². The highest BCUT2D eigenvalue weighted by Crippen LogP contribution is 2.32. The van der Waals surface area contributed by atoms with Crippen LogP contribution in [0.2, 0.25) is 0 Å². The molecule has 0 radical (unpaired) electrons. The van der Waals surface area contributed by atoms with E-state index < -0.39 is 25.2 Å². The highest BCUT2D eigenvalue weighted by Gasteiger charge is 2.42. The van der Waals surface area contributed by atoms with Gasteiger partial charge in [0.25, 0.3) is 0 Å². The maximum atomic E-state index is 12.5. The number of piperidine rings is 3. The summed E-state index contributed by atoms with van der Waals surface area (Å²) >= 11 is 0. The van der Waals surface area contributed by atoms with Crippen molar-refractivity contribution < 1.29 is 23.1 Å². The van der Waals surface area contributed by atoms with E-state index in [1.807, 2.05) is 0 Å². The molecule has 7 heteroatoms. The van der Waals surface area contributed by atoms with E-state index in [1.54, 1.807) is 0 Å². The summed E-state index contributed by atoms with van der Waals surface area (Å²) in [5.41, 5.74) is 0. The first kappa shape index (κ1) is 13.6. The third kappa shape index (κ3) is 3.35. The van der Waals surface area contributed by atoms with E-state index >= 15 is 0 Å². The van der Waals surface area contributed by atoms with Crippen LogP contribution in [0.25, 0.3) is 0 Å². The zero-order valence-corrected chi connectivity index (χ0v) is 9.99. The minimum atomic E-state index is -4.35. The molecule has 3 heterocycles. The number of fused-ring (bicyclic) bond motifs is 3. The molecule has 18 heavy (non-hydrogen) atoms. The Morgan fingerprint density at radius 2 is 1.94 bits per heavy atom. The number of rotatable bonds is 4. The molecule has 1 N–H and O–H groups in total. The number of aliphatic carboxylic acids is 1. The molecular formula is C11H17F3N2O2. The second-order valence-electron chi connectivity index (χ2n) is 5.12. The van der Waals surface area contributed by atoms with E-state index in [2.05, 4.69) is 4.90 Å². The second-order valence-corrected chi connectivity index (χ2v) is 5.12. The maximum Gasteiger partial charge on any atom is 0.401 e. The molecule has 0 aromatic carbocycles. The standard InChI is InChI=1S/C11H17F3N2O2/c12-11(13,14)7-16(6-10(17)18)9-5-15-3-1-8(9)2-4-15/h8-9H,1-7H2,(H,17,18). The molecule has 2 bridgehead atoms. The van der Waals surface area contributed by atoms with Gasteiger partial charge in [-0.2, -0.15) is 13.2 Å². The molecule has 0 aromatic heterocycles. The second kappa shape index (κ2) is 5.05. The van der Waals surface area contributed by atoms with Gasteiger partial charge in [0.05, 0.1) is 13.1 Å². The highest BCUT2D eigenvalue weighted by molar-refractivity contribution is 5.69. The molecule has 4 nitrogen and oxygen atoms in total. The zero-order valence-electron chi connectivity index (χ0n) is 9.99.